The molecule has 4 fully saturated rings. The van der Waals surface area contributed by atoms with Crippen molar-refractivity contribution in [2.45, 2.75) is 115 Å². The molecule has 0 aromatic heterocycles. The first kappa shape index (κ1) is 23.4. The highest BCUT2D eigenvalue weighted by Crippen LogP contribution is 2.50. The number of hydrogen-bond donors (Lipinski definition) is 1. The lowest BCUT2D eigenvalue weighted by Crippen LogP contribution is -2.59. The lowest BCUT2D eigenvalue weighted by Gasteiger charge is -2.37. The molecule has 3 aliphatic carbocycles. The molecule has 0 unspecified atom stereocenters. The van der Waals surface area contributed by atoms with Crippen LogP contribution in [0.1, 0.15) is 91.4 Å². The van der Waals surface area contributed by atoms with Gasteiger partial charge in [0.05, 0.1) is 0 Å². The first-order valence-electron chi connectivity index (χ1n) is 12.7. The summed E-state index contributed by atoms with van der Waals surface area (Å²) < 4.78 is 5.53. The average Bonchev–Trinajstić information content (AvgIpc) is 3.64. The summed E-state index contributed by atoms with van der Waals surface area (Å²) in [6.07, 6.45) is 11.1. The van der Waals surface area contributed by atoms with Crippen molar-refractivity contribution in [1.82, 2.24) is 15.1 Å². The number of hydrogen-bond acceptors (Lipinski definition) is 4. The zero-order valence-corrected chi connectivity index (χ0v) is 20.3. The SMILES string of the molecule is CN(C(=O)OC(C)(C)C)[C@H](C(=O)N[C@H](C(=O)N1CCCC12CC2)C1CCCCC1)C1CC1. The summed E-state index contributed by atoms with van der Waals surface area (Å²) in [5.74, 6) is 0.225. The van der Waals surface area contributed by atoms with Crippen LogP contribution in [0.3, 0.4) is 0 Å². The van der Waals surface area contributed by atoms with Gasteiger partial charge in [-0.2, -0.15) is 0 Å². The van der Waals surface area contributed by atoms with E-state index in [2.05, 4.69) is 10.2 Å². The van der Waals surface area contributed by atoms with E-state index < -0.39 is 23.8 Å². The smallest absolute Gasteiger partial charge is 0.410 e. The summed E-state index contributed by atoms with van der Waals surface area (Å²) in [4.78, 5) is 43.5. The van der Waals surface area contributed by atoms with Gasteiger partial charge in [0.2, 0.25) is 11.8 Å². The predicted octanol–water partition coefficient (Wildman–Crippen LogP) is 3.85. The topological polar surface area (TPSA) is 79.0 Å². The fourth-order valence-corrected chi connectivity index (χ4v) is 5.77. The molecule has 0 aromatic carbocycles. The van der Waals surface area contributed by atoms with Crippen molar-refractivity contribution in [2.75, 3.05) is 13.6 Å². The third-order valence-electron chi connectivity index (χ3n) is 7.81. The zero-order valence-electron chi connectivity index (χ0n) is 20.3. The van der Waals surface area contributed by atoms with E-state index in [1.165, 1.54) is 11.3 Å². The zero-order chi connectivity index (χ0) is 23.1. The number of carbonyl (C=O) groups is 3. The fourth-order valence-electron chi connectivity index (χ4n) is 5.77. The number of likely N-dealkylation sites (tertiary alicyclic amines) is 1. The molecule has 4 aliphatic rings. The lowest BCUT2D eigenvalue weighted by molar-refractivity contribution is -0.141. The van der Waals surface area contributed by atoms with Gasteiger partial charge in [-0.1, -0.05) is 19.3 Å². The highest BCUT2D eigenvalue weighted by Gasteiger charge is 2.54. The summed E-state index contributed by atoms with van der Waals surface area (Å²) in [5, 5.41) is 3.17. The molecule has 32 heavy (non-hydrogen) atoms. The van der Waals surface area contributed by atoms with Crippen LogP contribution < -0.4 is 5.32 Å². The van der Waals surface area contributed by atoms with E-state index in [4.69, 9.17) is 4.74 Å². The number of likely N-dealkylation sites (N-methyl/N-ethyl adjacent to an activating group) is 1. The Morgan fingerprint density at radius 3 is 2.19 bits per heavy atom. The van der Waals surface area contributed by atoms with Gasteiger partial charge in [-0.15, -0.1) is 0 Å². The van der Waals surface area contributed by atoms with Crippen molar-refractivity contribution in [3.05, 3.63) is 0 Å². The largest absolute Gasteiger partial charge is 0.444 e. The molecule has 1 aliphatic heterocycles. The van der Waals surface area contributed by atoms with Crippen LogP contribution >= 0.6 is 0 Å². The Bertz CT molecular complexity index is 732. The maximum Gasteiger partial charge on any atom is 0.410 e. The van der Waals surface area contributed by atoms with Crippen molar-refractivity contribution in [3.63, 3.8) is 0 Å². The Hall–Kier alpha value is -1.79. The number of ether oxygens (including phenoxy) is 1. The molecule has 3 amide bonds. The fraction of sp³-hybridized carbons (Fsp3) is 0.880. The van der Waals surface area contributed by atoms with Crippen molar-refractivity contribution >= 4 is 17.9 Å². The molecule has 7 nitrogen and oxygen atoms in total. The van der Waals surface area contributed by atoms with Gasteiger partial charge in [-0.25, -0.2) is 4.79 Å². The number of carbonyl (C=O) groups excluding carboxylic acids is 3. The molecule has 0 radical (unpaired) electrons. The number of nitrogens with one attached hydrogen (secondary N) is 1. The van der Waals surface area contributed by atoms with Gasteiger partial charge in [0.25, 0.3) is 0 Å². The first-order chi connectivity index (χ1) is 15.1. The predicted molar refractivity (Wildman–Crippen MR) is 122 cm³/mol. The lowest BCUT2D eigenvalue weighted by atomic mass is 9.83. The maximum absolute atomic E-state index is 13.7. The van der Waals surface area contributed by atoms with E-state index in [-0.39, 0.29) is 29.2 Å². The van der Waals surface area contributed by atoms with E-state index in [1.54, 1.807) is 7.05 Å². The van der Waals surface area contributed by atoms with Gasteiger partial charge in [0.1, 0.15) is 17.7 Å². The Labute approximate surface area is 192 Å². The molecule has 7 heteroatoms. The van der Waals surface area contributed by atoms with Gasteiger partial charge in [-0.3, -0.25) is 14.5 Å². The molecule has 2 atom stereocenters. The van der Waals surface area contributed by atoms with Gasteiger partial charge in [0.15, 0.2) is 0 Å². The van der Waals surface area contributed by atoms with Crippen LogP contribution in [-0.4, -0.2) is 64.5 Å². The van der Waals surface area contributed by atoms with Crippen LogP contribution in [0.5, 0.6) is 0 Å². The second kappa shape index (κ2) is 8.86. The molecular weight excluding hydrogens is 406 g/mol. The van der Waals surface area contributed by atoms with Crippen LogP contribution in [0.4, 0.5) is 4.79 Å². The number of amides is 3. The summed E-state index contributed by atoms with van der Waals surface area (Å²) in [6, 6.07) is -1.07. The minimum absolute atomic E-state index is 0.0674. The van der Waals surface area contributed by atoms with E-state index in [1.807, 2.05) is 20.8 Å². The van der Waals surface area contributed by atoms with Crippen molar-refractivity contribution < 1.29 is 19.1 Å². The molecule has 0 bridgehead atoms. The van der Waals surface area contributed by atoms with E-state index in [0.717, 1.165) is 70.8 Å². The summed E-state index contributed by atoms with van der Waals surface area (Å²) in [5.41, 5.74) is -0.553. The van der Waals surface area contributed by atoms with Crippen LogP contribution in [0.25, 0.3) is 0 Å². The first-order valence-corrected chi connectivity index (χ1v) is 12.7. The van der Waals surface area contributed by atoms with Crippen LogP contribution in [-0.2, 0) is 14.3 Å². The minimum atomic E-state index is -0.620. The Morgan fingerprint density at radius 2 is 1.62 bits per heavy atom. The summed E-state index contributed by atoms with van der Waals surface area (Å²) >= 11 is 0. The van der Waals surface area contributed by atoms with Gasteiger partial charge >= 0.3 is 6.09 Å². The molecule has 180 valence electrons. The molecule has 3 saturated carbocycles. The van der Waals surface area contributed by atoms with Crippen molar-refractivity contribution in [3.8, 4) is 0 Å². The van der Waals surface area contributed by atoms with Crippen LogP contribution in [0.15, 0.2) is 0 Å². The number of rotatable bonds is 6. The molecule has 1 spiro atoms. The van der Waals surface area contributed by atoms with Crippen molar-refractivity contribution in [2.24, 2.45) is 11.8 Å². The van der Waals surface area contributed by atoms with Crippen molar-refractivity contribution in [1.29, 1.82) is 0 Å². The molecule has 1 heterocycles. The Morgan fingerprint density at radius 1 is 0.969 bits per heavy atom. The van der Waals surface area contributed by atoms with E-state index >= 15 is 0 Å². The highest BCUT2D eigenvalue weighted by molar-refractivity contribution is 5.92. The maximum atomic E-state index is 13.7. The molecule has 1 saturated heterocycles. The van der Waals surface area contributed by atoms with E-state index in [0.29, 0.717) is 0 Å². The quantitative estimate of drug-likeness (QED) is 0.671. The average molecular weight is 448 g/mol. The van der Waals surface area contributed by atoms with Gasteiger partial charge in [-0.05, 0) is 84.0 Å². The second-order valence-electron chi connectivity index (χ2n) is 11.6. The third-order valence-corrected chi connectivity index (χ3v) is 7.81. The second-order valence-corrected chi connectivity index (χ2v) is 11.6. The Balaban J connectivity index is 1.50. The van der Waals surface area contributed by atoms with E-state index in [9.17, 15) is 14.4 Å². The van der Waals surface area contributed by atoms with Crippen LogP contribution in [0, 0.1) is 11.8 Å². The highest BCUT2D eigenvalue weighted by atomic mass is 16.6. The number of nitrogens with zero attached hydrogens (tertiary/aromatic N) is 2. The monoisotopic (exact) mass is 447 g/mol. The molecule has 4 rings (SSSR count). The third kappa shape index (κ3) is 5.07. The normalized spacial score (nSPS) is 24.7. The van der Waals surface area contributed by atoms with Gasteiger partial charge in [0, 0.05) is 19.1 Å². The minimum Gasteiger partial charge on any atom is -0.444 e. The standard InChI is InChI=1S/C25H41N3O4/c1-24(2,3)32-23(31)27(4)20(18-11-12-18)21(29)26-19(17-9-6-5-7-10-17)22(30)28-16-8-13-25(28)14-15-25/h17-20H,5-16H2,1-4H3,(H,26,29)/t19-,20-/m0/s1. The summed E-state index contributed by atoms with van der Waals surface area (Å²) in [7, 11) is 1.65. The molecule has 0 aromatic rings. The molecular formula is C25H41N3O4. The Kier molecular flexibility index (Phi) is 6.47. The molecule has 1 N–H and O–H groups in total. The van der Waals surface area contributed by atoms with Crippen LogP contribution in [0.2, 0.25) is 0 Å². The van der Waals surface area contributed by atoms with Gasteiger partial charge < -0.3 is 15.0 Å². The summed E-state index contributed by atoms with van der Waals surface area (Å²) in [6.45, 7) is 6.28.